The largest absolute Gasteiger partial charge is 0.493 e. The van der Waals surface area contributed by atoms with E-state index in [2.05, 4.69) is 27.2 Å². The van der Waals surface area contributed by atoms with Gasteiger partial charge in [-0.05, 0) is 50.5 Å². The number of rotatable bonds is 7. The molecule has 0 amide bonds. The first kappa shape index (κ1) is 23.9. The van der Waals surface area contributed by atoms with E-state index in [0.717, 1.165) is 50.8 Å². The predicted octanol–water partition coefficient (Wildman–Crippen LogP) is 4.68. The van der Waals surface area contributed by atoms with Crippen molar-refractivity contribution in [1.82, 2.24) is 5.32 Å². The minimum absolute atomic E-state index is 0.0180. The van der Waals surface area contributed by atoms with Crippen LogP contribution in [0.25, 0.3) is 0 Å². The van der Waals surface area contributed by atoms with Crippen LogP contribution in [-0.2, 0) is 4.74 Å². The van der Waals surface area contributed by atoms with Crippen LogP contribution in [0.5, 0.6) is 5.75 Å². The fraction of sp³-hybridized carbons (Fsp3) is 0.542. The molecule has 1 aromatic carbocycles. The molecule has 2 aliphatic rings. The van der Waals surface area contributed by atoms with E-state index in [1.54, 1.807) is 6.34 Å². The highest BCUT2D eigenvalue weighted by Crippen LogP contribution is 2.24. The minimum Gasteiger partial charge on any atom is -0.493 e. The second-order valence-corrected chi connectivity index (χ2v) is 8.10. The minimum atomic E-state index is -0.724. The first-order valence-electron chi connectivity index (χ1n) is 11.3. The molecule has 0 spiro atoms. The van der Waals surface area contributed by atoms with Gasteiger partial charge in [0.05, 0.1) is 19.5 Å². The SMILES string of the molecule is CCC1=C/N=C/NCCC(CCCOc2cc(F)c(C3=NC[C@@H](C)O3)c(F)c2)CC/N=C\1. The Morgan fingerprint density at radius 1 is 1.22 bits per heavy atom. The average Bonchev–Trinajstić information content (AvgIpc) is 3.18. The monoisotopic (exact) mass is 446 g/mol. The van der Waals surface area contributed by atoms with Crippen LogP contribution in [0.3, 0.4) is 0 Å². The summed E-state index contributed by atoms with van der Waals surface area (Å²) in [6, 6.07) is 2.39. The Morgan fingerprint density at radius 2 is 2.03 bits per heavy atom. The molecule has 0 aliphatic carbocycles. The number of hydrogen-bond donors (Lipinski definition) is 1. The van der Waals surface area contributed by atoms with Crippen LogP contribution in [0.15, 0.2) is 38.9 Å². The summed E-state index contributed by atoms with van der Waals surface area (Å²) in [5.41, 5.74) is 0.868. The molecule has 174 valence electrons. The van der Waals surface area contributed by atoms with Crippen LogP contribution in [-0.4, -0.2) is 50.8 Å². The van der Waals surface area contributed by atoms with Gasteiger partial charge in [-0.25, -0.2) is 18.8 Å². The number of benzene rings is 1. The quantitative estimate of drug-likeness (QED) is 0.619. The van der Waals surface area contributed by atoms with E-state index >= 15 is 0 Å². The van der Waals surface area contributed by atoms with Crippen molar-refractivity contribution in [3.05, 3.63) is 41.1 Å². The van der Waals surface area contributed by atoms with E-state index in [-0.39, 0.29) is 23.3 Å². The number of nitrogens with zero attached hydrogens (tertiary/aromatic N) is 3. The first-order valence-corrected chi connectivity index (χ1v) is 11.3. The van der Waals surface area contributed by atoms with Gasteiger partial charge in [-0.1, -0.05) is 6.92 Å². The Kier molecular flexibility index (Phi) is 9.19. The summed E-state index contributed by atoms with van der Waals surface area (Å²) in [6.07, 6.45) is 9.92. The molecule has 1 N–H and O–H groups in total. The van der Waals surface area contributed by atoms with Gasteiger partial charge in [-0.15, -0.1) is 0 Å². The standard InChI is InChI=1S/C24H32F2N4O2/c1-3-18-14-27-8-6-19(7-9-28-16-29-15-18)5-4-10-31-20-11-21(25)23(22(26)12-20)24-30-13-17(2)32-24/h11-12,14-17,19H,3-10,13H2,1-2H3,(H,28,29)/b18-15-,27-14-/t17-,19?/m1/s1. The molecule has 2 heterocycles. The lowest BCUT2D eigenvalue weighted by Gasteiger charge is -2.16. The first-order chi connectivity index (χ1) is 15.6. The number of halogens is 2. The third-order valence-corrected chi connectivity index (χ3v) is 5.49. The Bertz CT molecular complexity index is 860. The Morgan fingerprint density at radius 3 is 2.75 bits per heavy atom. The van der Waals surface area contributed by atoms with E-state index in [4.69, 9.17) is 9.47 Å². The molecule has 8 heteroatoms. The molecule has 0 radical (unpaired) electrons. The topological polar surface area (TPSA) is 67.6 Å². The highest BCUT2D eigenvalue weighted by molar-refractivity contribution is 5.95. The second kappa shape index (κ2) is 12.3. The lowest BCUT2D eigenvalue weighted by molar-refractivity contribution is 0.244. The normalized spacial score (nSPS) is 25.2. The maximum Gasteiger partial charge on any atom is 0.222 e. The van der Waals surface area contributed by atoms with Gasteiger partial charge in [-0.3, -0.25) is 4.99 Å². The van der Waals surface area contributed by atoms with Crippen molar-refractivity contribution in [2.45, 2.75) is 52.1 Å². The summed E-state index contributed by atoms with van der Waals surface area (Å²) >= 11 is 0. The fourth-order valence-electron chi connectivity index (χ4n) is 3.64. The van der Waals surface area contributed by atoms with Crippen molar-refractivity contribution in [2.75, 3.05) is 26.2 Å². The molecule has 0 saturated carbocycles. The number of nitrogens with one attached hydrogen (secondary N) is 1. The van der Waals surface area contributed by atoms with Crippen molar-refractivity contribution in [1.29, 1.82) is 0 Å². The fourth-order valence-corrected chi connectivity index (χ4v) is 3.64. The Hall–Kier alpha value is -2.77. The lowest BCUT2D eigenvalue weighted by Crippen LogP contribution is -2.18. The molecule has 3 rings (SSSR count). The molecule has 2 atom stereocenters. The zero-order valence-electron chi connectivity index (χ0n) is 18.8. The van der Waals surface area contributed by atoms with Crippen LogP contribution in [0.4, 0.5) is 8.78 Å². The molecule has 6 nitrogen and oxygen atoms in total. The van der Waals surface area contributed by atoms with Crippen LogP contribution < -0.4 is 10.1 Å². The highest BCUT2D eigenvalue weighted by atomic mass is 19.1. The summed E-state index contributed by atoms with van der Waals surface area (Å²) in [6.45, 7) is 6.30. The molecule has 0 saturated heterocycles. The smallest absolute Gasteiger partial charge is 0.222 e. The van der Waals surface area contributed by atoms with Gasteiger partial charge in [-0.2, -0.15) is 0 Å². The third-order valence-electron chi connectivity index (χ3n) is 5.49. The van der Waals surface area contributed by atoms with Crippen LogP contribution in [0.1, 0.15) is 51.5 Å². The summed E-state index contributed by atoms with van der Waals surface area (Å²) in [5.74, 6) is -0.767. The summed E-state index contributed by atoms with van der Waals surface area (Å²) < 4.78 is 39.9. The van der Waals surface area contributed by atoms with Gasteiger partial charge in [0.15, 0.2) is 0 Å². The van der Waals surface area contributed by atoms with Crippen molar-refractivity contribution < 1.29 is 18.3 Å². The third kappa shape index (κ3) is 7.14. The maximum atomic E-state index is 14.4. The van der Waals surface area contributed by atoms with Crippen LogP contribution in [0, 0.1) is 17.6 Å². The Balaban J connectivity index is 1.48. The summed E-state index contributed by atoms with van der Waals surface area (Å²) in [7, 11) is 0. The molecule has 32 heavy (non-hydrogen) atoms. The van der Waals surface area contributed by atoms with Gasteiger partial charge in [0.1, 0.15) is 29.1 Å². The highest BCUT2D eigenvalue weighted by Gasteiger charge is 2.24. The molecule has 1 aromatic rings. The van der Waals surface area contributed by atoms with Crippen molar-refractivity contribution in [3.8, 4) is 5.75 Å². The predicted molar refractivity (Wildman–Crippen MR) is 124 cm³/mol. The van der Waals surface area contributed by atoms with Gasteiger partial charge in [0.2, 0.25) is 5.90 Å². The number of aliphatic imine (C=N–C) groups is 3. The lowest BCUT2D eigenvalue weighted by atomic mass is 9.96. The van der Waals surface area contributed by atoms with E-state index in [9.17, 15) is 8.78 Å². The second-order valence-electron chi connectivity index (χ2n) is 8.10. The van der Waals surface area contributed by atoms with Crippen molar-refractivity contribution >= 4 is 18.5 Å². The molecule has 1 unspecified atom stereocenters. The molecule has 0 aromatic heterocycles. The maximum absolute atomic E-state index is 14.4. The van der Waals surface area contributed by atoms with Crippen LogP contribution in [0.2, 0.25) is 0 Å². The van der Waals surface area contributed by atoms with E-state index in [0.29, 0.717) is 19.1 Å². The van der Waals surface area contributed by atoms with Crippen LogP contribution >= 0.6 is 0 Å². The summed E-state index contributed by atoms with van der Waals surface area (Å²) in [5, 5.41) is 3.22. The average molecular weight is 447 g/mol. The Labute approximate surface area is 188 Å². The summed E-state index contributed by atoms with van der Waals surface area (Å²) in [4.78, 5) is 12.8. The van der Waals surface area contributed by atoms with Gasteiger partial charge < -0.3 is 14.8 Å². The van der Waals surface area contributed by atoms with Gasteiger partial charge in [0.25, 0.3) is 0 Å². The number of ether oxygens (including phenoxy) is 2. The molecular formula is C24H32F2N4O2. The van der Waals surface area contributed by atoms with Gasteiger partial charge >= 0.3 is 0 Å². The molecule has 0 fully saturated rings. The molecule has 2 aliphatic heterocycles. The zero-order valence-corrected chi connectivity index (χ0v) is 18.8. The number of hydrogen-bond acceptors (Lipinski definition) is 6. The number of allylic oxidation sites excluding steroid dienone is 1. The zero-order chi connectivity index (χ0) is 22.8. The molecular weight excluding hydrogens is 414 g/mol. The van der Waals surface area contributed by atoms with E-state index in [1.165, 1.54) is 12.1 Å². The molecule has 0 bridgehead atoms. The van der Waals surface area contributed by atoms with Gasteiger partial charge in [0, 0.05) is 37.6 Å². The van der Waals surface area contributed by atoms with E-state index in [1.807, 2.05) is 19.3 Å². The van der Waals surface area contributed by atoms with Crippen molar-refractivity contribution in [2.24, 2.45) is 20.9 Å². The van der Waals surface area contributed by atoms with E-state index < -0.39 is 11.6 Å². The van der Waals surface area contributed by atoms with Crippen molar-refractivity contribution in [3.63, 3.8) is 0 Å².